The minimum absolute atomic E-state index is 0.797. The maximum Gasteiger partial charge on any atom is 0.123 e. The van der Waals surface area contributed by atoms with Gasteiger partial charge < -0.3 is 9.47 Å². The number of methoxy groups -OCH3 is 2. The lowest BCUT2D eigenvalue weighted by molar-refractivity contribution is 0.397. The Morgan fingerprint density at radius 2 is 1.10 bits per heavy atom. The first-order chi connectivity index (χ1) is 9.05. The van der Waals surface area contributed by atoms with E-state index in [1.165, 1.54) is 0 Å². The van der Waals surface area contributed by atoms with Crippen LogP contribution in [-0.2, 0) is 11.5 Å². The Morgan fingerprint density at radius 1 is 0.800 bits per heavy atom. The molecule has 20 heavy (non-hydrogen) atoms. The van der Waals surface area contributed by atoms with Gasteiger partial charge >= 0.3 is 0 Å². The lowest BCUT2D eigenvalue weighted by atomic mass is 10.1. The van der Waals surface area contributed by atoms with E-state index < -0.39 is 18.5 Å². The van der Waals surface area contributed by atoms with Gasteiger partial charge in [-0.25, -0.2) is 0 Å². The van der Waals surface area contributed by atoms with Gasteiger partial charge in [0.1, 0.15) is 11.5 Å². The molecule has 0 fully saturated rings. The van der Waals surface area contributed by atoms with Gasteiger partial charge in [-0.05, 0) is 37.2 Å². The third-order valence-electron chi connectivity index (χ3n) is 2.68. The number of benzene rings is 1. The molecule has 1 rings (SSSR count). The quantitative estimate of drug-likeness (QED) is 0.700. The fourth-order valence-corrected chi connectivity index (χ4v) is 4.62. The van der Waals surface area contributed by atoms with E-state index in [9.17, 15) is 0 Å². The molecule has 0 aromatic heterocycles. The van der Waals surface area contributed by atoms with Gasteiger partial charge in [0.2, 0.25) is 0 Å². The summed E-state index contributed by atoms with van der Waals surface area (Å²) < 4.78 is 11.0. The van der Waals surface area contributed by atoms with Crippen molar-refractivity contribution in [2.24, 2.45) is 0 Å². The van der Waals surface area contributed by atoms with E-state index in [2.05, 4.69) is 25.0 Å². The third kappa shape index (κ3) is 5.84. The molecular weight excluding hydrogens is 335 g/mol. The second kappa shape index (κ2) is 6.91. The molecule has 1 aromatic rings. The first-order valence-electron chi connectivity index (χ1n) is 6.11. The summed E-state index contributed by atoms with van der Waals surface area (Å²) in [5, 5.41) is 0. The van der Waals surface area contributed by atoms with Crippen LogP contribution in [0.2, 0.25) is 0 Å². The Morgan fingerprint density at radius 3 is 1.30 bits per heavy atom. The molecule has 2 nitrogen and oxygen atoms in total. The zero-order valence-corrected chi connectivity index (χ0v) is 16.1. The average molecular weight is 359 g/mol. The summed E-state index contributed by atoms with van der Waals surface area (Å²) in [5.74, 6) is 3.32. The van der Waals surface area contributed by atoms with Crippen molar-refractivity contribution >= 4 is 39.8 Å². The van der Waals surface area contributed by atoms with Crippen LogP contribution in [0.25, 0.3) is 0 Å². The standard InChI is InChI=1S/C14H24Cl2O2S2/c1-17-13-7-12(10-20(5,6)16)14(18-2)8-11(13)9-19(3,4)15/h7-8H,9-10H2,1-6H3. The summed E-state index contributed by atoms with van der Waals surface area (Å²) in [6, 6.07) is 4.07. The Labute approximate surface area is 134 Å². The molecule has 0 radical (unpaired) electrons. The lowest BCUT2D eigenvalue weighted by Gasteiger charge is -2.26. The second-order valence-corrected chi connectivity index (χ2v) is 16.8. The Hall–Kier alpha value is 0.1000. The van der Waals surface area contributed by atoms with E-state index in [0.29, 0.717) is 0 Å². The molecule has 0 aliphatic heterocycles. The summed E-state index contributed by atoms with van der Waals surface area (Å²) in [5.41, 5.74) is 2.18. The molecule has 6 heteroatoms. The van der Waals surface area contributed by atoms with Crippen LogP contribution in [0.3, 0.4) is 0 Å². The first kappa shape index (κ1) is 18.1. The minimum Gasteiger partial charge on any atom is -0.496 e. The number of halogens is 2. The van der Waals surface area contributed by atoms with Gasteiger partial charge in [0.25, 0.3) is 0 Å². The normalized spacial score (nSPS) is 14.0. The van der Waals surface area contributed by atoms with Crippen molar-refractivity contribution in [3.05, 3.63) is 23.3 Å². The average Bonchev–Trinajstić information content (AvgIpc) is 2.26. The van der Waals surface area contributed by atoms with E-state index in [1.807, 2.05) is 12.1 Å². The smallest absolute Gasteiger partial charge is 0.123 e. The molecule has 0 aliphatic rings. The van der Waals surface area contributed by atoms with Crippen LogP contribution in [0.4, 0.5) is 0 Å². The SMILES string of the molecule is COc1cc(CS(C)(C)Cl)c(OC)cc1CS(C)(C)Cl. The van der Waals surface area contributed by atoms with Crippen LogP contribution in [0.15, 0.2) is 12.1 Å². The highest BCUT2D eigenvalue weighted by Gasteiger charge is 2.19. The van der Waals surface area contributed by atoms with E-state index in [4.69, 9.17) is 30.8 Å². The molecule has 0 N–H and O–H groups in total. The van der Waals surface area contributed by atoms with Crippen LogP contribution in [0, 0.1) is 0 Å². The van der Waals surface area contributed by atoms with Gasteiger partial charge in [0.05, 0.1) is 14.2 Å². The zero-order valence-electron chi connectivity index (χ0n) is 13.0. The molecule has 0 spiro atoms. The molecule has 0 heterocycles. The summed E-state index contributed by atoms with van der Waals surface area (Å²) in [4.78, 5) is 0. The number of rotatable bonds is 6. The predicted molar refractivity (Wildman–Crippen MR) is 97.5 cm³/mol. The minimum atomic E-state index is -1.17. The van der Waals surface area contributed by atoms with Crippen LogP contribution in [0.1, 0.15) is 11.1 Å². The van der Waals surface area contributed by atoms with Crippen molar-refractivity contribution in [2.45, 2.75) is 11.5 Å². The van der Waals surface area contributed by atoms with Gasteiger partial charge in [-0.3, -0.25) is 0 Å². The molecular formula is C14H24Cl2O2S2. The Bertz CT molecular complexity index is 422. The summed E-state index contributed by atoms with van der Waals surface area (Å²) in [7, 11) is 13.9. The molecule has 0 aliphatic carbocycles. The third-order valence-corrected chi connectivity index (χ3v) is 5.33. The predicted octanol–water partition coefficient (Wildman–Crippen LogP) is 5.14. The van der Waals surface area contributed by atoms with Gasteiger partial charge in [0, 0.05) is 22.6 Å². The molecule has 0 atom stereocenters. The van der Waals surface area contributed by atoms with Gasteiger partial charge in [-0.15, -0.1) is 0 Å². The number of ether oxygens (including phenoxy) is 2. The van der Waals surface area contributed by atoms with Crippen LogP contribution >= 0.6 is 39.8 Å². The van der Waals surface area contributed by atoms with Crippen molar-refractivity contribution in [2.75, 3.05) is 39.2 Å². The molecule has 118 valence electrons. The van der Waals surface area contributed by atoms with Crippen LogP contribution < -0.4 is 9.47 Å². The summed E-state index contributed by atoms with van der Waals surface area (Å²) in [6.07, 6.45) is 8.28. The topological polar surface area (TPSA) is 18.5 Å². The van der Waals surface area contributed by atoms with Crippen molar-refractivity contribution < 1.29 is 9.47 Å². The monoisotopic (exact) mass is 358 g/mol. The van der Waals surface area contributed by atoms with Gasteiger partial charge in [0.15, 0.2) is 0 Å². The fraction of sp³-hybridized carbons (Fsp3) is 0.571. The Balaban J connectivity index is 3.23. The van der Waals surface area contributed by atoms with E-state index >= 15 is 0 Å². The first-order valence-corrected chi connectivity index (χ1v) is 13.0. The van der Waals surface area contributed by atoms with Crippen molar-refractivity contribution in [1.82, 2.24) is 0 Å². The highest BCUT2D eigenvalue weighted by atomic mass is 35.7. The molecule has 0 amide bonds. The summed E-state index contributed by atoms with van der Waals surface area (Å²) >= 11 is 0. The highest BCUT2D eigenvalue weighted by molar-refractivity contribution is 8.50. The van der Waals surface area contributed by atoms with Crippen molar-refractivity contribution in [3.8, 4) is 11.5 Å². The summed E-state index contributed by atoms with van der Waals surface area (Å²) in [6.45, 7) is 0. The van der Waals surface area contributed by atoms with Crippen molar-refractivity contribution in [3.63, 3.8) is 0 Å². The number of hydrogen-bond donors (Lipinski definition) is 0. The lowest BCUT2D eigenvalue weighted by Crippen LogP contribution is -2.02. The second-order valence-electron chi connectivity index (χ2n) is 5.57. The zero-order chi connectivity index (χ0) is 15.6. The highest BCUT2D eigenvalue weighted by Crippen LogP contribution is 2.53. The van der Waals surface area contributed by atoms with E-state index in [1.54, 1.807) is 14.2 Å². The fourth-order valence-electron chi connectivity index (χ4n) is 1.99. The van der Waals surface area contributed by atoms with Gasteiger partial charge in [-0.1, -0.05) is 21.4 Å². The van der Waals surface area contributed by atoms with E-state index in [0.717, 1.165) is 34.1 Å². The van der Waals surface area contributed by atoms with Crippen molar-refractivity contribution in [1.29, 1.82) is 0 Å². The van der Waals surface area contributed by atoms with Gasteiger partial charge in [-0.2, -0.15) is 18.5 Å². The van der Waals surface area contributed by atoms with E-state index in [-0.39, 0.29) is 0 Å². The Kier molecular flexibility index (Phi) is 6.27. The van der Waals surface area contributed by atoms with Crippen LogP contribution in [-0.4, -0.2) is 39.2 Å². The molecule has 0 unspecified atom stereocenters. The molecule has 0 saturated heterocycles. The largest absolute Gasteiger partial charge is 0.496 e. The molecule has 0 saturated carbocycles. The number of hydrogen-bond acceptors (Lipinski definition) is 2. The van der Waals surface area contributed by atoms with Crippen LogP contribution in [0.5, 0.6) is 11.5 Å². The maximum absolute atomic E-state index is 6.41. The maximum atomic E-state index is 6.41. The molecule has 1 aromatic carbocycles. The molecule has 0 bridgehead atoms.